The van der Waals surface area contributed by atoms with Crippen molar-refractivity contribution < 1.29 is 80.2 Å². The largest absolute Gasteiger partial charge is 0.472 e. The number of aliphatic hydroxyl groups excluding tert-OH is 1. The van der Waals surface area contributed by atoms with Crippen molar-refractivity contribution in [1.29, 1.82) is 0 Å². The zero-order valence-electron chi connectivity index (χ0n) is 60.2. The van der Waals surface area contributed by atoms with Gasteiger partial charge in [-0.3, -0.25) is 37.3 Å². The van der Waals surface area contributed by atoms with Gasteiger partial charge < -0.3 is 33.8 Å². The third-order valence-corrected chi connectivity index (χ3v) is 18.4. The van der Waals surface area contributed by atoms with Crippen LogP contribution in [0.4, 0.5) is 0 Å². The number of phosphoric acid groups is 2. The second kappa shape index (κ2) is 64.2. The lowest BCUT2D eigenvalue weighted by atomic mass is 10.0. The number of rotatable bonds is 70. The summed E-state index contributed by atoms with van der Waals surface area (Å²) in [6.07, 6.45) is 52.1. The Kier molecular flexibility index (Phi) is 62.5. The van der Waals surface area contributed by atoms with E-state index in [0.717, 1.165) is 120 Å². The first-order valence-electron chi connectivity index (χ1n) is 37.7. The lowest BCUT2D eigenvalue weighted by Crippen LogP contribution is -2.30. The zero-order valence-corrected chi connectivity index (χ0v) is 62.0. The quantitative estimate of drug-likeness (QED) is 0.0169. The van der Waals surface area contributed by atoms with Gasteiger partial charge >= 0.3 is 39.5 Å². The van der Waals surface area contributed by atoms with Gasteiger partial charge in [0, 0.05) is 25.7 Å². The summed E-state index contributed by atoms with van der Waals surface area (Å²) >= 11 is 0. The molecule has 5 atom stereocenters. The Bertz CT molecular complexity index is 1910. The van der Waals surface area contributed by atoms with Crippen LogP contribution in [0, 0.1) is 17.8 Å². The molecule has 0 spiro atoms. The summed E-state index contributed by atoms with van der Waals surface area (Å²) in [7, 11) is -9.92. The van der Waals surface area contributed by atoms with Crippen molar-refractivity contribution in [3.63, 3.8) is 0 Å². The van der Waals surface area contributed by atoms with E-state index in [-0.39, 0.29) is 25.7 Å². The smallest absolute Gasteiger partial charge is 0.462 e. The van der Waals surface area contributed by atoms with E-state index in [1.807, 2.05) is 0 Å². The van der Waals surface area contributed by atoms with E-state index >= 15 is 0 Å². The van der Waals surface area contributed by atoms with E-state index in [2.05, 4.69) is 72.8 Å². The van der Waals surface area contributed by atoms with Crippen LogP contribution >= 0.6 is 15.6 Å². The Hall–Kier alpha value is -2.46. The maximum Gasteiger partial charge on any atom is 0.472 e. The Labute approximate surface area is 567 Å². The summed E-state index contributed by atoms with van der Waals surface area (Å²) < 4.78 is 68.4. The molecule has 0 saturated carbocycles. The van der Waals surface area contributed by atoms with Crippen molar-refractivity contribution in [3.05, 3.63) is 24.3 Å². The molecule has 0 aromatic carbocycles. The van der Waals surface area contributed by atoms with E-state index in [1.165, 1.54) is 148 Å². The van der Waals surface area contributed by atoms with Crippen molar-refractivity contribution in [3.8, 4) is 0 Å². The van der Waals surface area contributed by atoms with Crippen LogP contribution in [0.3, 0.4) is 0 Å². The molecule has 0 aromatic heterocycles. The summed E-state index contributed by atoms with van der Waals surface area (Å²) in [5, 5.41) is 10.6. The fourth-order valence-electron chi connectivity index (χ4n) is 10.7. The molecular weight excluding hydrogens is 1220 g/mol. The van der Waals surface area contributed by atoms with Crippen LogP contribution in [-0.4, -0.2) is 96.7 Å². The SMILES string of the molecule is CCCCCC/C=C\C=C/CCCCCCCC(=O)O[C@H](COC(=O)CCCCCCCCCCCCC(C)C)COP(=O)(O)OCC(O)COP(=O)(O)OC[C@@H](COC(=O)CCCCCCCCCCC(C)C)OC(=O)CCCCCCCCCCCCCC(C)C. The molecule has 0 rings (SSSR count). The maximum atomic E-state index is 13.0. The number of aliphatic hydroxyl groups is 1. The second-order valence-electron chi connectivity index (χ2n) is 27.4. The number of carbonyl (C=O) groups excluding carboxylic acids is 4. The number of allylic oxidation sites excluding steroid dienone is 4. The molecule has 0 aromatic rings. The molecule has 0 heterocycles. The summed E-state index contributed by atoms with van der Waals surface area (Å²) in [5.41, 5.74) is 0. The molecule has 0 radical (unpaired) electrons. The highest BCUT2D eigenvalue weighted by Crippen LogP contribution is 2.45. The first kappa shape index (κ1) is 90.5. The normalized spacial score (nSPS) is 14.3. The first-order chi connectivity index (χ1) is 44.7. The molecule has 19 heteroatoms. The molecule has 0 aliphatic carbocycles. The molecule has 17 nitrogen and oxygen atoms in total. The zero-order chi connectivity index (χ0) is 68.7. The van der Waals surface area contributed by atoms with Gasteiger partial charge in [-0.25, -0.2) is 9.13 Å². The maximum absolute atomic E-state index is 13.0. The Morgan fingerprint density at radius 2 is 0.581 bits per heavy atom. The Morgan fingerprint density at radius 3 is 0.871 bits per heavy atom. The molecule has 0 bridgehead atoms. The fraction of sp³-hybridized carbons (Fsp3) is 0.892. The Balaban J connectivity index is 5.30. The van der Waals surface area contributed by atoms with Crippen LogP contribution in [0.25, 0.3) is 0 Å². The molecular formula is C74H140O17P2. The monoisotopic (exact) mass is 1360 g/mol. The molecule has 0 saturated heterocycles. The standard InChI is InChI=1S/C74H140O17P2/c1-8-9-10-11-12-13-14-15-16-17-20-27-36-43-50-57-73(78)90-69(61-84-71(76)55-48-41-34-26-23-22-25-32-39-46-53-66(4)5)63-88-92(80,81)86-59-68(75)60-87-93(82,83)89-64-70(62-85-72(77)56-49-42-35-30-29-33-40-47-54-67(6)7)91-74(79)58-51-44-37-28-21-18-19-24-31-38-45-52-65(2)3/h13-16,65-70,75H,8-12,17-64H2,1-7H3,(H,80,81)(H,82,83)/b14-13-,16-15-/t68?,69-,70-/m1/s1. The van der Waals surface area contributed by atoms with Gasteiger partial charge in [0.25, 0.3) is 0 Å². The minimum absolute atomic E-state index is 0.0844. The summed E-state index contributed by atoms with van der Waals surface area (Å²) in [4.78, 5) is 72.7. The lowest BCUT2D eigenvalue weighted by Gasteiger charge is -2.21. The van der Waals surface area contributed by atoms with Crippen LogP contribution < -0.4 is 0 Å². The first-order valence-corrected chi connectivity index (χ1v) is 40.7. The minimum atomic E-state index is -4.96. The summed E-state index contributed by atoms with van der Waals surface area (Å²) in [6.45, 7) is 11.8. The molecule has 0 aliphatic rings. The van der Waals surface area contributed by atoms with E-state index in [9.17, 15) is 43.2 Å². The van der Waals surface area contributed by atoms with Gasteiger partial charge in [-0.1, -0.05) is 297 Å². The van der Waals surface area contributed by atoms with Gasteiger partial charge in [-0.15, -0.1) is 0 Å². The van der Waals surface area contributed by atoms with Crippen molar-refractivity contribution in [2.24, 2.45) is 17.8 Å². The van der Waals surface area contributed by atoms with Gasteiger partial charge in [0.2, 0.25) is 0 Å². The van der Waals surface area contributed by atoms with Crippen LogP contribution in [0.15, 0.2) is 24.3 Å². The highest BCUT2D eigenvalue weighted by atomic mass is 31.2. The molecule has 3 N–H and O–H groups in total. The lowest BCUT2D eigenvalue weighted by molar-refractivity contribution is -0.161. The van der Waals surface area contributed by atoms with E-state index in [4.69, 9.17) is 37.0 Å². The molecule has 0 amide bonds. The van der Waals surface area contributed by atoms with Crippen LogP contribution in [-0.2, 0) is 65.4 Å². The minimum Gasteiger partial charge on any atom is -0.462 e. The number of esters is 4. The predicted octanol–water partition coefficient (Wildman–Crippen LogP) is 21.0. The molecule has 3 unspecified atom stereocenters. The average molecular weight is 1360 g/mol. The number of carbonyl (C=O) groups is 4. The van der Waals surface area contributed by atoms with Gasteiger partial charge in [-0.2, -0.15) is 0 Å². The summed E-state index contributed by atoms with van der Waals surface area (Å²) in [6, 6.07) is 0. The highest BCUT2D eigenvalue weighted by Gasteiger charge is 2.30. The predicted molar refractivity (Wildman–Crippen MR) is 377 cm³/mol. The Morgan fingerprint density at radius 1 is 0.333 bits per heavy atom. The molecule has 0 fully saturated rings. The van der Waals surface area contributed by atoms with Gasteiger partial charge in [-0.05, 0) is 69.1 Å². The third-order valence-electron chi connectivity index (χ3n) is 16.5. The number of hydrogen-bond acceptors (Lipinski definition) is 15. The van der Waals surface area contributed by atoms with Crippen LogP contribution in [0.2, 0.25) is 0 Å². The molecule has 93 heavy (non-hydrogen) atoms. The van der Waals surface area contributed by atoms with Crippen LogP contribution in [0.5, 0.6) is 0 Å². The third kappa shape index (κ3) is 67.9. The van der Waals surface area contributed by atoms with Gasteiger partial charge in [0.1, 0.15) is 19.3 Å². The van der Waals surface area contributed by atoms with E-state index < -0.39 is 97.5 Å². The van der Waals surface area contributed by atoms with Gasteiger partial charge in [0.05, 0.1) is 26.4 Å². The topological polar surface area (TPSA) is 237 Å². The number of hydrogen-bond donors (Lipinski definition) is 3. The van der Waals surface area contributed by atoms with Crippen molar-refractivity contribution in [1.82, 2.24) is 0 Å². The van der Waals surface area contributed by atoms with Crippen LogP contribution in [0.1, 0.15) is 350 Å². The molecule has 0 aliphatic heterocycles. The van der Waals surface area contributed by atoms with E-state index in [1.54, 1.807) is 0 Å². The van der Waals surface area contributed by atoms with Crippen molar-refractivity contribution in [2.75, 3.05) is 39.6 Å². The van der Waals surface area contributed by atoms with Crippen molar-refractivity contribution in [2.45, 2.75) is 369 Å². The van der Waals surface area contributed by atoms with Gasteiger partial charge in [0.15, 0.2) is 12.2 Å². The number of unbranched alkanes of at least 4 members (excludes halogenated alkanes) is 35. The van der Waals surface area contributed by atoms with Crippen molar-refractivity contribution >= 4 is 39.5 Å². The number of phosphoric ester groups is 2. The highest BCUT2D eigenvalue weighted by molar-refractivity contribution is 7.47. The average Bonchev–Trinajstić information content (AvgIpc) is 2.90. The second-order valence-corrected chi connectivity index (χ2v) is 30.3. The molecule has 548 valence electrons. The fourth-order valence-corrected chi connectivity index (χ4v) is 12.3. The summed E-state index contributed by atoms with van der Waals surface area (Å²) in [5.74, 6) is 0.0928. The number of ether oxygens (including phenoxy) is 4. The van der Waals surface area contributed by atoms with E-state index in [0.29, 0.717) is 25.7 Å².